The molecule has 28 heavy (non-hydrogen) atoms. The van der Waals surface area contributed by atoms with Gasteiger partial charge in [-0.2, -0.15) is 0 Å². The standard InChI is InChI=1S/C22H25N5O/c1-18-7-9-19(10-8-18)15-22(28)26-13-11-25(12-14-26)16-20-17-27(24-23-20)21-5-3-2-4-6-21/h2-10,17H,11-16H2,1H3. The van der Waals surface area contributed by atoms with Crippen LogP contribution in [0, 0.1) is 6.92 Å². The van der Waals surface area contributed by atoms with E-state index in [0.717, 1.165) is 49.7 Å². The topological polar surface area (TPSA) is 54.3 Å². The highest BCUT2D eigenvalue weighted by Gasteiger charge is 2.21. The molecule has 0 spiro atoms. The summed E-state index contributed by atoms with van der Waals surface area (Å²) in [5, 5.41) is 8.52. The molecule has 0 bridgehead atoms. The number of hydrogen-bond acceptors (Lipinski definition) is 4. The van der Waals surface area contributed by atoms with Crippen molar-refractivity contribution in [2.45, 2.75) is 19.9 Å². The second-order valence-electron chi connectivity index (χ2n) is 7.31. The van der Waals surface area contributed by atoms with Crippen molar-refractivity contribution in [3.63, 3.8) is 0 Å². The van der Waals surface area contributed by atoms with Crippen molar-refractivity contribution >= 4 is 5.91 Å². The highest BCUT2D eigenvalue weighted by Crippen LogP contribution is 2.11. The minimum Gasteiger partial charge on any atom is -0.340 e. The Morgan fingerprint density at radius 1 is 0.964 bits per heavy atom. The molecule has 1 amide bonds. The first-order chi connectivity index (χ1) is 13.7. The first-order valence-corrected chi connectivity index (χ1v) is 9.70. The Bertz CT molecular complexity index is 912. The van der Waals surface area contributed by atoms with E-state index in [1.165, 1.54) is 5.56 Å². The molecule has 1 aliphatic heterocycles. The van der Waals surface area contributed by atoms with E-state index in [0.29, 0.717) is 6.42 Å². The molecule has 4 rings (SSSR count). The first-order valence-electron chi connectivity index (χ1n) is 9.70. The Balaban J connectivity index is 1.28. The van der Waals surface area contributed by atoms with Crippen LogP contribution in [-0.4, -0.2) is 56.9 Å². The second kappa shape index (κ2) is 8.35. The van der Waals surface area contributed by atoms with E-state index in [1.807, 2.05) is 53.6 Å². The lowest BCUT2D eigenvalue weighted by Gasteiger charge is -2.34. The lowest BCUT2D eigenvalue weighted by molar-refractivity contribution is -0.132. The summed E-state index contributed by atoms with van der Waals surface area (Å²) < 4.78 is 1.80. The van der Waals surface area contributed by atoms with Gasteiger partial charge in [0, 0.05) is 32.7 Å². The van der Waals surface area contributed by atoms with Gasteiger partial charge in [0.1, 0.15) is 0 Å². The minimum absolute atomic E-state index is 0.207. The number of piperazine rings is 1. The van der Waals surface area contributed by atoms with Crippen LogP contribution < -0.4 is 0 Å². The summed E-state index contributed by atoms with van der Waals surface area (Å²) in [6, 6.07) is 18.2. The van der Waals surface area contributed by atoms with E-state index in [1.54, 1.807) is 4.68 Å². The van der Waals surface area contributed by atoms with Crippen LogP contribution in [0.4, 0.5) is 0 Å². The lowest BCUT2D eigenvalue weighted by Crippen LogP contribution is -2.48. The molecule has 144 valence electrons. The quantitative estimate of drug-likeness (QED) is 0.687. The van der Waals surface area contributed by atoms with E-state index in [2.05, 4.69) is 34.3 Å². The molecule has 2 heterocycles. The molecule has 1 aliphatic rings. The number of carbonyl (C=O) groups excluding carboxylic acids is 1. The van der Waals surface area contributed by atoms with E-state index >= 15 is 0 Å². The van der Waals surface area contributed by atoms with Gasteiger partial charge in [-0.1, -0.05) is 53.2 Å². The third kappa shape index (κ3) is 4.46. The van der Waals surface area contributed by atoms with Gasteiger partial charge in [0.05, 0.1) is 24.0 Å². The van der Waals surface area contributed by atoms with Crippen LogP contribution in [0.25, 0.3) is 5.69 Å². The molecule has 6 nitrogen and oxygen atoms in total. The summed E-state index contributed by atoms with van der Waals surface area (Å²) in [6.07, 6.45) is 2.45. The fraction of sp³-hybridized carbons (Fsp3) is 0.318. The Morgan fingerprint density at radius 2 is 1.68 bits per heavy atom. The first kappa shape index (κ1) is 18.4. The van der Waals surface area contributed by atoms with Crippen molar-refractivity contribution in [2.75, 3.05) is 26.2 Å². The van der Waals surface area contributed by atoms with Crippen LogP contribution in [0.15, 0.2) is 60.8 Å². The molecule has 6 heteroatoms. The van der Waals surface area contributed by atoms with Crippen molar-refractivity contribution in [1.82, 2.24) is 24.8 Å². The molecule has 1 aromatic heterocycles. The zero-order valence-electron chi connectivity index (χ0n) is 16.2. The van der Waals surface area contributed by atoms with Gasteiger partial charge >= 0.3 is 0 Å². The maximum Gasteiger partial charge on any atom is 0.227 e. The Hall–Kier alpha value is -2.99. The smallest absolute Gasteiger partial charge is 0.227 e. The molecule has 1 fully saturated rings. The third-order valence-electron chi connectivity index (χ3n) is 5.15. The summed E-state index contributed by atoms with van der Waals surface area (Å²) in [5.41, 5.74) is 4.25. The maximum atomic E-state index is 12.6. The number of para-hydroxylation sites is 1. The molecule has 1 saturated heterocycles. The van der Waals surface area contributed by atoms with Gasteiger partial charge < -0.3 is 4.90 Å². The van der Waals surface area contributed by atoms with Crippen LogP contribution >= 0.6 is 0 Å². The number of amides is 1. The third-order valence-corrected chi connectivity index (χ3v) is 5.15. The summed E-state index contributed by atoms with van der Waals surface area (Å²) >= 11 is 0. The fourth-order valence-electron chi connectivity index (χ4n) is 3.45. The Kier molecular flexibility index (Phi) is 5.48. The SMILES string of the molecule is Cc1ccc(CC(=O)N2CCN(Cc3cn(-c4ccccc4)nn3)CC2)cc1. The lowest BCUT2D eigenvalue weighted by atomic mass is 10.1. The van der Waals surface area contributed by atoms with Gasteiger partial charge in [-0.15, -0.1) is 5.10 Å². The molecule has 0 aliphatic carbocycles. The molecule has 2 aromatic carbocycles. The predicted molar refractivity (Wildman–Crippen MR) is 108 cm³/mol. The Labute approximate surface area is 165 Å². The predicted octanol–water partition coefficient (Wildman–Crippen LogP) is 2.46. The fourth-order valence-corrected chi connectivity index (χ4v) is 3.45. The summed E-state index contributed by atoms with van der Waals surface area (Å²) in [4.78, 5) is 16.9. The zero-order chi connectivity index (χ0) is 19.3. The zero-order valence-corrected chi connectivity index (χ0v) is 16.2. The van der Waals surface area contributed by atoms with Crippen molar-refractivity contribution in [3.05, 3.63) is 77.6 Å². The normalized spacial score (nSPS) is 15.0. The van der Waals surface area contributed by atoms with Gasteiger partial charge in [0.15, 0.2) is 0 Å². The molecular weight excluding hydrogens is 350 g/mol. The summed E-state index contributed by atoms with van der Waals surface area (Å²) in [6.45, 7) is 6.06. The van der Waals surface area contributed by atoms with Crippen LogP contribution in [0.1, 0.15) is 16.8 Å². The van der Waals surface area contributed by atoms with Crippen LogP contribution in [-0.2, 0) is 17.8 Å². The van der Waals surface area contributed by atoms with Gasteiger partial charge in [0.2, 0.25) is 5.91 Å². The van der Waals surface area contributed by atoms with E-state index in [9.17, 15) is 4.79 Å². The average molecular weight is 375 g/mol. The average Bonchev–Trinajstić information content (AvgIpc) is 3.19. The number of aromatic nitrogens is 3. The van der Waals surface area contributed by atoms with Gasteiger partial charge in [-0.25, -0.2) is 4.68 Å². The molecule has 0 N–H and O–H groups in total. The Morgan fingerprint density at radius 3 is 2.39 bits per heavy atom. The molecule has 0 radical (unpaired) electrons. The van der Waals surface area contributed by atoms with Crippen molar-refractivity contribution in [2.24, 2.45) is 0 Å². The molecule has 0 saturated carbocycles. The van der Waals surface area contributed by atoms with Crippen molar-refractivity contribution < 1.29 is 4.79 Å². The van der Waals surface area contributed by atoms with Gasteiger partial charge in [0.25, 0.3) is 0 Å². The minimum atomic E-state index is 0.207. The summed E-state index contributed by atoms with van der Waals surface area (Å²) in [5.74, 6) is 0.207. The number of aryl methyl sites for hydroxylation is 1. The highest BCUT2D eigenvalue weighted by molar-refractivity contribution is 5.78. The van der Waals surface area contributed by atoms with Crippen LogP contribution in [0.5, 0.6) is 0 Å². The van der Waals surface area contributed by atoms with E-state index < -0.39 is 0 Å². The number of carbonyl (C=O) groups is 1. The second-order valence-corrected chi connectivity index (χ2v) is 7.31. The van der Waals surface area contributed by atoms with Crippen molar-refractivity contribution in [1.29, 1.82) is 0 Å². The number of nitrogens with zero attached hydrogens (tertiary/aromatic N) is 5. The van der Waals surface area contributed by atoms with Gasteiger partial charge in [-0.05, 0) is 24.6 Å². The number of benzene rings is 2. The monoisotopic (exact) mass is 375 g/mol. The number of rotatable bonds is 5. The molecular formula is C22H25N5O. The van der Waals surface area contributed by atoms with E-state index in [4.69, 9.17) is 0 Å². The van der Waals surface area contributed by atoms with Crippen molar-refractivity contribution in [3.8, 4) is 5.69 Å². The molecule has 3 aromatic rings. The number of hydrogen-bond donors (Lipinski definition) is 0. The highest BCUT2D eigenvalue weighted by atomic mass is 16.2. The van der Waals surface area contributed by atoms with E-state index in [-0.39, 0.29) is 5.91 Å². The van der Waals surface area contributed by atoms with Gasteiger partial charge in [-0.3, -0.25) is 9.69 Å². The maximum absolute atomic E-state index is 12.6. The van der Waals surface area contributed by atoms with Crippen LogP contribution in [0.2, 0.25) is 0 Å². The molecule has 0 atom stereocenters. The molecule has 0 unspecified atom stereocenters. The summed E-state index contributed by atoms with van der Waals surface area (Å²) in [7, 11) is 0. The van der Waals surface area contributed by atoms with Crippen LogP contribution in [0.3, 0.4) is 0 Å². The largest absolute Gasteiger partial charge is 0.340 e.